The Balaban J connectivity index is 2.47. The van der Waals surface area contributed by atoms with E-state index in [0.29, 0.717) is 22.7 Å². The Hall–Kier alpha value is -2.58. The smallest absolute Gasteiger partial charge is 0.244 e. The summed E-state index contributed by atoms with van der Waals surface area (Å²) in [5, 5.41) is 3.36. The molecule has 2 unspecified atom stereocenters. The number of carbonyl (C=O) groups excluding carboxylic acids is 2. The predicted molar refractivity (Wildman–Crippen MR) is 142 cm³/mol. The van der Waals surface area contributed by atoms with Crippen LogP contribution < -0.4 is 9.62 Å². The van der Waals surface area contributed by atoms with Gasteiger partial charge in [-0.3, -0.25) is 13.9 Å². The first-order chi connectivity index (χ1) is 16.4. The van der Waals surface area contributed by atoms with Crippen molar-refractivity contribution in [1.29, 1.82) is 0 Å². The maximum absolute atomic E-state index is 13.7. The fraction of sp³-hybridized carbons (Fsp3) is 0.462. The highest BCUT2D eigenvalue weighted by atomic mass is 35.5. The number of rotatable bonds is 11. The molecule has 0 heterocycles. The van der Waals surface area contributed by atoms with Gasteiger partial charge >= 0.3 is 0 Å². The Morgan fingerprint density at radius 3 is 2.20 bits per heavy atom. The molecule has 2 aromatic rings. The third-order valence-electron chi connectivity index (χ3n) is 6.05. The molecule has 0 bridgehead atoms. The highest BCUT2D eigenvalue weighted by Gasteiger charge is 2.32. The molecule has 7 nitrogen and oxygen atoms in total. The second-order valence-electron chi connectivity index (χ2n) is 8.90. The molecule has 2 amide bonds. The summed E-state index contributed by atoms with van der Waals surface area (Å²) >= 11 is 6.23. The lowest BCUT2D eigenvalue weighted by Crippen LogP contribution is -2.53. The maximum atomic E-state index is 13.7. The highest BCUT2D eigenvalue weighted by molar-refractivity contribution is 7.92. The monoisotopic (exact) mass is 521 g/mol. The molecule has 1 N–H and O–H groups in total. The lowest BCUT2D eigenvalue weighted by atomic mass is 10.1. The van der Waals surface area contributed by atoms with Gasteiger partial charge in [0, 0.05) is 17.6 Å². The van der Waals surface area contributed by atoms with Crippen LogP contribution in [0.4, 0.5) is 5.69 Å². The van der Waals surface area contributed by atoms with Gasteiger partial charge in [0.05, 0.1) is 11.9 Å². The van der Waals surface area contributed by atoms with Crippen molar-refractivity contribution >= 4 is 39.1 Å². The van der Waals surface area contributed by atoms with Gasteiger partial charge in [-0.15, -0.1) is 0 Å². The number of hydrogen-bond acceptors (Lipinski definition) is 4. The van der Waals surface area contributed by atoms with E-state index in [-0.39, 0.29) is 18.5 Å². The fourth-order valence-corrected chi connectivity index (χ4v) is 4.78. The zero-order chi connectivity index (χ0) is 26.3. The Morgan fingerprint density at radius 1 is 1.03 bits per heavy atom. The van der Waals surface area contributed by atoms with Gasteiger partial charge in [0.15, 0.2) is 0 Å². The molecule has 0 aliphatic rings. The number of amides is 2. The van der Waals surface area contributed by atoms with Crippen molar-refractivity contribution in [1.82, 2.24) is 10.2 Å². The van der Waals surface area contributed by atoms with E-state index >= 15 is 0 Å². The summed E-state index contributed by atoms with van der Waals surface area (Å²) in [6, 6.07) is 11.8. The van der Waals surface area contributed by atoms with Crippen molar-refractivity contribution in [3.63, 3.8) is 0 Å². The maximum Gasteiger partial charge on any atom is 0.244 e. The Kier molecular flexibility index (Phi) is 10.2. The van der Waals surface area contributed by atoms with Crippen LogP contribution in [0, 0.1) is 13.8 Å². The molecule has 0 spiro atoms. The molecule has 0 fully saturated rings. The van der Waals surface area contributed by atoms with Crippen LogP contribution in [0.25, 0.3) is 0 Å². The molecular weight excluding hydrogens is 486 g/mol. The SMILES string of the molecule is CCC(C)NC(=O)C(CC)N(Cc1ccc(C)cc1)C(=O)CN(c1cccc(Cl)c1C)S(C)(=O)=O. The third-order valence-corrected chi connectivity index (χ3v) is 7.58. The largest absolute Gasteiger partial charge is 0.352 e. The summed E-state index contributed by atoms with van der Waals surface area (Å²) in [4.78, 5) is 28.3. The van der Waals surface area contributed by atoms with Gasteiger partial charge < -0.3 is 10.2 Å². The van der Waals surface area contributed by atoms with Crippen LogP contribution in [0.15, 0.2) is 42.5 Å². The van der Waals surface area contributed by atoms with Gasteiger partial charge in [-0.1, -0.05) is 61.3 Å². The van der Waals surface area contributed by atoms with Crippen LogP contribution in [0.5, 0.6) is 0 Å². The molecular formula is C26H36ClN3O4S. The lowest BCUT2D eigenvalue weighted by Gasteiger charge is -2.33. The van der Waals surface area contributed by atoms with E-state index in [1.165, 1.54) is 4.90 Å². The van der Waals surface area contributed by atoms with Gasteiger partial charge in [0.2, 0.25) is 21.8 Å². The molecule has 2 atom stereocenters. The van der Waals surface area contributed by atoms with E-state index in [9.17, 15) is 18.0 Å². The molecule has 35 heavy (non-hydrogen) atoms. The van der Waals surface area contributed by atoms with Crippen LogP contribution in [-0.2, 0) is 26.2 Å². The van der Waals surface area contributed by atoms with E-state index in [1.54, 1.807) is 25.1 Å². The van der Waals surface area contributed by atoms with Crippen molar-refractivity contribution in [2.75, 3.05) is 17.1 Å². The number of sulfonamides is 1. The third kappa shape index (κ3) is 7.70. The minimum Gasteiger partial charge on any atom is -0.352 e. The minimum absolute atomic E-state index is 0.0468. The summed E-state index contributed by atoms with van der Waals surface area (Å²) in [5.74, 6) is -0.728. The highest BCUT2D eigenvalue weighted by Crippen LogP contribution is 2.28. The quantitative estimate of drug-likeness (QED) is 0.473. The Labute approximate surface area is 214 Å². The van der Waals surface area contributed by atoms with E-state index in [2.05, 4.69) is 5.32 Å². The molecule has 9 heteroatoms. The van der Waals surface area contributed by atoms with Crippen LogP contribution >= 0.6 is 11.6 Å². The number of benzene rings is 2. The topological polar surface area (TPSA) is 86.8 Å². The second kappa shape index (κ2) is 12.4. The number of halogens is 1. The molecule has 0 aliphatic heterocycles. The second-order valence-corrected chi connectivity index (χ2v) is 11.2. The van der Waals surface area contributed by atoms with Gasteiger partial charge in [-0.25, -0.2) is 8.42 Å². The summed E-state index contributed by atoms with van der Waals surface area (Å²) < 4.78 is 26.5. The van der Waals surface area contributed by atoms with Gasteiger partial charge in [0.1, 0.15) is 12.6 Å². The molecule has 2 rings (SSSR count). The summed E-state index contributed by atoms with van der Waals surface area (Å²) in [7, 11) is -3.81. The first-order valence-corrected chi connectivity index (χ1v) is 14.0. The van der Waals surface area contributed by atoms with E-state index in [4.69, 9.17) is 11.6 Å². The number of nitrogens with zero attached hydrogens (tertiary/aromatic N) is 2. The normalized spacial score (nSPS) is 13.1. The molecule has 0 aliphatic carbocycles. The van der Waals surface area contributed by atoms with Crippen LogP contribution in [-0.4, -0.2) is 50.0 Å². The van der Waals surface area contributed by atoms with E-state index < -0.39 is 28.5 Å². The fourth-order valence-electron chi connectivity index (χ4n) is 3.71. The molecule has 0 aromatic heterocycles. The standard InChI is InChI=1S/C26H36ClN3O4S/c1-7-19(4)28-26(32)23(8-2)29(16-21-14-12-18(3)13-15-21)25(31)17-30(35(6,33)34)24-11-9-10-22(27)20(24)5/h9-15,19,23H,7-8,16-17H2,1-6H3,(H,28,32). The van der Waals surface area contributed by atoms with Crippen molar-refractivity contribution < 1.29 is 18.0 Å². The average Bonchev–Trinajstić information content (AvgIpc) is 2.79. The summed E-state index contributed by atoms with van der Waals surface area (Å²) in [6.07, 6.45) is 2.19. The predicted octanol–water partition coefficient (Wildman–Crippen LogP) is 4.44. The minimum atomic E-state index is -3.81. The zero-order valence-corrected chi connectivity index (χ0v) is 22.9. The average molecular weight is 522 g/mol. The van der Waals surface area contributed by atoms with Crippen LogP contribution in [0.1, 0.15) is 50.3 Å². The van der Waals surface area contributed by atoms with Crippen molar-refractivity contribution in [3.05, 3.63) is 64.2 Å². The van der Waals surface area contributed by atoms with Gasteiger partial charge in [0.25, 0.3) is 0 Å². The van der Waals surface area contributed by atoms with E-state index in [0.717, 1.165) is 28.1 Å². The first kappa shape index (κ1) is 28.7. The van der Waals surface area contributed by atoms with Crippen molar-refractivity contribution in [2.45, 2.75) is 66.1 Å². The number of anilines is 1. The summed E-state index contributed by atoms with van der Waals surface area (Å²) in [5.41, 5.74) is 2.82. The zero-order valence-electron chi connectivity index (χ0n) is 21.3. The number of hydrogen-bond donors (Lipinski definition) is 1. The molecule has 0 radical (unpaired) electrons. The van der Waals surface area contributed by atoms with Crippen molar-refractivity contribution in [2.24, 2.45) is 0 Å². The summed E-state index contributed by atoms with van der Waals surface area (Å²) in [6.45, 7) is 9.13. The number of aryl methyl sites for hydroxylation is 1. The van der Waals surface area contributed by atoms with Gasteiger partial charge in [-0.05, 0) is 56.9 Å². The van der Waals surface area contributed by atoms with Gasteiger partial charge in [-0.2, -0.15) is 0 Å². The molecule has 0 saturated heterocycles. The Morgan fingerprint density at radius 2 is 1.66 bits per heavy atom. The van der Waals surface area contributed by atoms with Crippen LogP contribution in [0.3, 0.4) is 0 Å². The first-order valence-electron chi connectivity index (χ1n) is 11.8. The molecule has 0 saturated carbocycles. The molecule has 2 aromatic carbocycles. The lowest BCUT2D eigenvalue weighted by molar-refractivity contribution is -0.140. The number of nitrogens with one attached hydrogen (secondary N) is 1. The number of carbonyl (C=O) groups is 2. The van der Waals surface area contributed by atoms with Crippen LogP contribution in [0.2, 0.25) is 5.02 Å². The molecule has 192 valence electrons. The van der Waals surface area contributed by atoms with Crippen molar-refractivity contribution in [3.8, 4) is 0 Å². The van der Waals surface area contributed by atoms with E-state index in [1.807, 2.05) is 52.0 Å². The Bertz CT molecular complexity index is 1140.